The van der Waals surface area contributed by atoms with Crippen LogP contribution in [0.2, 0.25) is 0 Å². The molecule has 14 heteroatoms. The predicted octanol–water partition coefficient (Wildman–Crippen LogP) is 7.10. The molecule has 0 bridgehead atoms. The van der Waals surface area contributed by atoms with E-state index in [1.54, 1.807) is 0 Å². The Bertz CT molecular complexity index is 675. The second-order valence-electron chi connectivity index (χ2n) is 6.56. The summed E-state index contributed by atoms with van der Waals surface area (Å²) in [6.45, 7) is 2.40. The van der Waals surface area contributed by atoms with Crippen LogP contribution in [0, 0.1) is 0 Å². The van der Waals surface area contributed by atoms with E-state index < -0.39 is 64.6 Å². The molecule has 0 saturated carbocycles. The van der Waals surface area contributed by atoms with Crippen molar-refractivity contribution in [1.29, 1.82) is 0 Å². The standard InChI is InChI=1S/C16H14F12O2.2CH4/c1-3-7(2)8-4-9(11(29,13(17,18)19)14(20,21)22)6-10(5-8)12(30,15(23,24)25)16(26,27)28;;/h4-7,29-30H,3H2,1-2H3;2*1H4. The zero-order chi connectivity index (χ0) is 24.1. The van der Waals surface area contributed by atoms with E-state index >= 15 is 0 Å². The van der Waals surface area contributed by atoms with Crippen LogP contribution in [0.25, 0.3) is 0 Å². The molecule has 0 saturated heterocycles. The van der Waals surface area contributed by atoms with Crippen LogP contribution in [0.4, 0.5) is 52.7 Å². The summed E-state index contributed by atoms with van der Waals surface area (Å²) in [5.74, 6) is -1.12. The smallest absolute Gasteiger partial charge is 0.369 e. The van der Waals surface area contributed by atoms with Crippen LogP contribution in [-0.4, -0.2) is 34.9 Å². The maximum Gasteiger partial charge on any atom is 0.430 e. The summed E-state index contributed by atoms with van der Waals surface area (Å²) in [7, 11) is 0. The number of hydrogen-bond acceptors (Lipinski definition) is 2. The lowest BCUT2D eigenvalue weighted by molar-refractivity contribution is -0.378. The van der Waals surface area contributed by atoms with E-state index in [-0.39, 0.29) is 33.4 Å². The fourth-order valence-corrected chi connectivity index (χ4v) is 2.57. The highest BCUT2D eigenvalue weighted by Gasteiger charge is 2.74. The number of halogens is 12. The van der Waals surface area contributed by atoms with Crippen LogP contribution in [-0.2, 0) is 11.2 Å². The Balaban J connectivity index is 0. The minimum Gasteiger partial charge on any atom is -0.369 e. The van der Waals surface area contributed by atoms with E-state index in [9.17, 15) is 62.9 Å². The Kier molecular flexibility index (Phi) is 9.41. The molecule has 0 radical (unpaired) electrons. The number of rotatable bonds is 4. The Labute approximate surface area is 175 Å². The fourth-order valence-electron chi connectivity index (χ4n) is 2.57. The Morgan fingerprint density at radius 1 is 0.625 bits per heavy atom. The number of hydrogen-bond donors (Lipinski definition) is 2. The first-order valence-electron chi connectivity index (χ1n) is 7.93. The lowest BCUT2D eigenvalue weighted by atomic mass is 9.82. The Hall–Kier alpha value is -1.70. The fraction of sp³-hybridized carbons (Fsp3) is 0.667. The van der Waals surface area contributed by atoms with Crippen molar-refractivity contribution in [3.8, 4) is 0 Å². The molecule has 1 unspecified atom stereocenters. The second kappa shape index (κ2) is 9.27. The van der Waals surface area contributed by atoms with Crippen molar-refractivity contribution >= 4 is 0 Å². The van der Waals surface area contributed by atoms with Gasteiger partial charge in [0.15, 0.2) is 0 Å². The average Bonchev–Trinajstić information content (AvgIpc) is 2.54. The summed E-state index contributed by atoms with van der Waals surface area (Å²) in [5, 5.41) is 18.9. The molecule has 1 aromatic rings. The summed E-state index contributed by atoms with van der Waals surface area (Å²) >= 11 is 0. The van der Waals surface area contributed by atoms with Crippen molar-refractivity contribution in [1.82, 2.24) is 0 Å². The lowest BCUT2D eigenvalue weighted by Gasteiger charge is -2.36. The molecule has 1 aromatic carbocycles. The van der Waals surface area contributed by atoms with E-state index in [0.29, 0.717) is 0 Å². The van der Waals surface area contributed by atoms with E-state index in [4.69, 9.17) is 0 Å². The highest BCUT2D eigenvalue weighted by atomic mass is 19.4. The maximum absolute atomic E-state index is 13.1. The topological polar surface area (TPSA) is 40.5 Å². The molecule has 0 aliphatic rings. The van der Waals surface area contributed by atoms with Crippen LogP contribution >= 0.6 is 0 Å². The number of aliphatic hydroxyl groups is 2. The summed E-state index contributed by atoms with van der Waals surface area (Å²) in [6, 6.07) is -0.786. The molecule has 0 fully saturated rings. The third kappa shape index (κ3) is 5.10. The maximum atomic E-state index is 13.1. The van der Waals surface area contributed by atoms with Crippen LogP contribution in [0.3, 0.4) is 0 Å². The molecule has 0 heterocycles. The van der Waals surface area contributed by atoms with Crippen molar-refractivity contribution in [2.24, 2.45) is 0 Å². The first-order chi connectivity index (χ1) is 13.1. The van der Waals surface area contributed by atoms with Crippen LogP contribution in [0.1, 0.15) is 57.7 Å². The lowest BCUT2D eigenvalue weighted by Crippen LogP contribution is -2.56. The summed E-state index contributed by atoms with van der Waals surface area (Å²) in [5.41, 5.74) is -17.1. The first kappa shape index (κ1) is 32.5. The molecular weight excluding hydrogens is 476 g/mol. The summed E-state index contributed by atoms with van der Waals surface area (Å²) < 4.78 is 157. The monoisotopic (exact) mass is 498 g/mol. The van der Waals surface area contributed by atoms with Crippen molar-refractivity contribution in [3.63, 3.8) is 0 Å². The molecule has 0 amide bonds. The quantitative estimate of drug-likeness (QED) is 0.435. The van der Waals surface area contributed by atoms with E-state index in [2.05, 4.69) is 0 Å². The molecule has 0 aliphatic carbocycles. The summed E-state index contributed by atoms with van der Waals surface area (Å²) in [6.07, 6.45) is -26.4. The largest absolute Gasteiger partial charge is 0.430 e. The van der Waals surface area contributed by atoms with Gasteiger partial charge in [0.2, 0.25) is 0 Å². The molecule has 1 rings (SSSR count). The van der Waals surface area contributed by atoms with Gasteiger partial charge in [0, 0.05) is 11.1 Å². The minimum atomic E-state index is -6.56. The van der Waals surface area contributed by atoms with Crippen LogP contribution in [0.15, 0.2) is 18.2 Å². The molecular formula is C18H22F12O2. The molecule has 2 nitrogen and oxygen atoms in total. The van der Waals surface area contributed by atoms with Gasteiger partial charge in [-0.2, -0.15) is 52.7 Å². The second-order valence-corrected chi connectivity index (χ2v) is 6.56. The van der Waals surface area contributed by atoms with Crippen molar-refractivity contribution < 1.29 is 62.9 Å². The van der Waals surface area contributed by atoms with Gasteiger partial charge in [-0.15, -0.1) is 0 Å². The van der Waals surface area contributed by atoms with Gasteiger partial charge in [-0.3, -0.25) is 0 Å². The zero-order valence-corrected chi connectivity index (χ0v) is 14.9. The number of benzene rings is 1. The van der Waals surface area contributed by atoms with E-state index in [1.165, 1.54) is 6.92 Å². The third-order valence-electron chi connectivity index (χ3n) is 4.61. The zero-order valence-electron chi connectivity index (χ0n) is 14.9. The Morgan fingerprint density at radius 2 is 0.875 bits per heavy atom. The van der Waals surface area contributed by atoms with Gasteiger partial charge in [0.25, 0.3) is 11.2 Å². The molecule has 2 N–H and O–H groups in total. The van der Waals surface area contributed by atoms with Gasteiger partial charge in [-0.25, -0.2) is 0 Å². The third-order valence-corrected chi connectivity index (χ3v) is 4.61. The average molecular weight is 498 g/mol. The molecule has 190 valence electrons. The van der Waals surface area contributed by atoms with Gasteiger partial charge in [0.1, 0.15) is 0 Å². The number of alkyl halides is 12. The summed E-state index contributed by atoms with van der Waals surface area (Å²) in [4.78, 5) is 0. The van der Waals surface area contributed by atoms with Gasteiger partial charge < -0.3 is 10.2 Å². The van der Waals surface area contributed by atoms with Crippen LogP contribution in [0.5, 0.6) is 0 Å². The molecule has 0 spiro atoms. The molecule has 32 heavy (non-hydrogen) atoms. The van der Waals surface area contributed by atoms with Gasteiger partial charge >= 0.3 is 24.7 Å². The van der Waals surface area contributed by atoms with Crippen LogP contribution < -0.4 is 0 Å². The van der Waals surface area contributed by atoms with Crippen molar-refractivity contribution in [2.75, 3.05) is 0 Å². The normalized spacial score (nSPS) is 15.0. The van der Waals surface area contributed by atoms with Gasteiger partial charge in [-0.05, 0) is 24.0 Å². The highest BCUT2D eigenvalue weighted by molar-refractivity contribution is 5.41. The minimum absolute atomic E-state index is 0. The Morgan fingerprint density at radius 3 is 1.06 bits per heavy atom. The molecule has 1 atom stereocenters. The SMILES string of the molecule is C.C.CCC(C)c1cc(C(O)(C(F)(F)F)C(F)(F)F)cc(C(O)(C(F)(F)F)C(F)(F)F)c1. The van der Waals surface area contributed by atoms with Gasteiger partial charge in [0.05, 0.1) is 0 Å². The first-order valence-corrected chi connectivity index (χ1v) is 7.93. The van der Waals surface area contributed by atoms with E-state index in [1.807, 2.05) is 0 Å². The van der Waals surface area contributed by atoms with Crippen molar-refractivity contribution in [2.45, 2.75) is 76.9 Å². The molecule has 0 aromatic heterocycles. The highest BCUT2D eigenvalue weighted by Crippen LogP contribution is 2.54. The predicted molar refractivity (Wildman–Crippen MR) is 90.6 cm³/mol. The van der Waals surface area contributed by atoms with Crippen molar-refractivity contribution in [3.05, 3.63) is 34.9 Å². The van der Waals surface area contributed by atoms with Gasteiger partial charge in [-0.1, -0.05) is 40.8 Å². The molecule has 0 aliphatic heterocycles. The van der Waals surface area contributed by atoms with E-state index in [0.717, 1.165) is 6.92 Å².